The third-order valence-corrected chi connectivity index (χ3v) is 5.57. The van der Waals surface area contributed by atoms with Crippen LogP contribution < -0.4 is 14.9 Å². The summed E-state index contributed by atoms with van der Waals surface area (Å²) in [5.41, 5.74) is 7.68. The van der Waals surface area contributed by atoms with Crippen LogP contribution in [0.3, 0.4) is 0 Å². The molecule has 2 aromatic heterocycles. The standard InChI is InChI=1S/C15H19N7O3S.CH4O3S/c1-26(23,24)22-3-2-11-12(10-8-17-14(16)18-9-10)19-15(20-13(11)22)21-4-6-25-7-5-21;1-5(2,3)4/h8-9H,2-7H2,1H3,(H2,16,17,18);1H3,(H,2,3,4). The molecule has 0 unspecified atom stereocenters. The molecule has 170 valence electrons. The van der Waals surface area contributed by atoms with E-state index in [1.54, 1.807) is 12.4 Å². The molecule has 4 rings (SSSR count). The van der Waals surface area contributed by atoms with Crippen LogP contribution in [-0.2, 0) is 31.3 Å². The summed E-state index contributed by atoms with van der Waals surface area (Å²) in [5, 5.41) is 0. The Bertz CT molecular complexity index is 1140. The third kappa shape index (κ3) is 5.96. The van der Waals surface area contributed by atoms with Gasteiger partial charge in [0.05, 0.1) is 31.4 Å². The summed E-state index contributed by atoms with van der Waals surface area (Å²) in [6, 6.07) is 0. The maximum absolute atomic E-state index is 12.2. The lowest BCUT2D eigenvalue weighted by Gasteiger charge is -2.28. The van der Waals surface area contributed by atoms with Gasteiger partial charge in [-0.2, -0.15) is 13.4 Å². The lowest BCUT2D eigenvalue weighted by molar-refractivity contribution is 0.122. The van der Waals surface area contributed by atoms with Crippen LogP contribution in [0.4, 0.5) is 17.7 Å². The predicted octanol–water partition coefficient (Wildman–Crippen LogP) is -0.821. The number of hydrogen-bond donors (Lipinski definition) is 2. The summed E-state index contributed by atoms with van der Waals surface area (Å²) in [6.07, 6.45) is 5.62. The highest BCUT2D eigenvalue weighted by Gasteiger charge is 2.32. The molecule has 0 radical (unpaired) electrons. The molecule has 15 heteroatoms. The number of anilines is 3. The van der Waals surface area contributed by atoms with Crippen LogP contribution >= 0.6 is 0 Å². The Morgan fingerprint density at radius 1 is 1.03 bits per heavy atom. The molecule has 0 spiro atoms. The number of rotatable bonds is 3. The molecule has 4 heterocycles. The van der Waals surface area contributed by atoms with Gasteiger partial charge in [-0.05, 0) is 6.42 Å². The van der Waals surface area contributed by atoms with Crippen molar-refractivity contribution in [1.29, 1.82) is 0 Å². The van der Waals surface area contributed by atoms with E-state index in [0.29, 0.717) is 68.5 Å². The van der Waals surface area contributed by atoms with Crippen molar-refractivity contribution in [3.63, 3.8) is 0 Å². The topological polar surface area (TPSA) is 182 Å². The second kappa shape index (κ2) is 8.86. The van der Waals surface area contributed by atoms with E-state index in [2.05, 4.69) is 15.0 Å². The smallest absolute Gasteiger partial charge is 0.261 e. The summed E-state index contributed by atoms with van der Waals surface area (Å²) in [4.78, 5) is 19.3. The molecule has 0 amide bonds. The molecule has 13 nitrogen and oxygen atoms in total. The van der Waals surface area contributed by atoms with E-state index in [-0.39, 0.29) is 5.95 Å². The Hall–Kier alpha value is -2.62. The van der Waals surface area contributed by atoms with Crippen molar-refractivity contribution < 1.29 is 26.1 Å². The van der Waals surface area contributed by atoms with Crippen molar-refractivity contribution in [3.05, 3.63) is 18.0 Å². The Morgan fingerprint density at radius 3 is 2.16 bits per heavy atom. The maximum Gasteiger partial charge on any atom is 0.261 e. The highest BCUT2D eigenvalue weighted by Crippen LogP contribution is 2.36. The molecule has 2 aliphatic rings. The highest BCUT2D eigenvalue weighted by atomic mass is 32.2. The van der Waals surface area contributed by atoms with E-state index in [4.69, 9.17) is 20.0 Å². The quantitative estimate of drug-likeness (QED) is 0.529. The zero-order valence-electron chi connectivity index (χ0n) is 17.0. The number of sulfonamides is 1. The molecule has 2 aliphatic heterocycles. The Morgan fingerprint density at radius 2 is 1.61 bits per heavy atom. The molecule has 0 saturated carbocycles. The first-order valence-electron chi connectivity index (χ1n) is 9.15. The first-order chi connectivity index (χ1) is 14.4. The first kappa shape index (κ1) is 23.1. The Labute approximate surface area is 180 Å². The SMILES string of the molecule is CS(=O)(=O)N1CCc2c(-c3cnc(N)nc3)nc(N3CCOCC3)nc21.CS(=O)(=O)O. The van der Waals surface area contributed by atoms with Crippen LogP contribution in [0, 0.1) is 0 Å². The van der Waals surface area contributed by atoms with Crippen molar-refractivity contribution in [3.8, 4) is 11.3 Å². The molecular formula is C16H23N7O6S2. The molecule has 0 aromatic carbocycles. The largest absolute Gasteiger partial charge is 0.378 e. The van der Waals surface area contributed by atoms with Gasteiger partial charge in [0.1, 0.15) is 0 Å². The van der Waals surface area contributed by atoms with Crippen molar-refractivity contribution in [2.75, 3.05) is 60.3 Å². The number of nitrogens with zero attached hydrogens (tertiary/aromatic N) is 6. The maximum atomic E-state index is 12.2. The van der Waals surface area contributed by atoms with Crippen LogP contribution in [0.15, 0.2) is 12.4 Å². The summed E-state index contributed by atoms with van der Waals surface area (Å²) < 4.78 is 56.9. The summed E-state index contributed by atoms with van der Waals surface area (Å²) in [6.45, 7) is 2.80. The molecule has 2 aromatic rings. The molecule has 0 bridgehead atoms. The van der Waals surface area contributed by atoms with E-state index in [1.807, 2.05) is 4.90 Å². The van der Waals surface area contributed by atoms with Gasteiger partial charge in [-0.15, -0.1) is 0 Å². The summed E-state index contributed by atoms with van der Waals surface area (Å²) in [5.74, 6) is 1.08. The second-order valence-corrected chi connectivity index (χ2v) is 10.3. The van der Waals surface area contributed by atoms with E-state index in [1.165, 1.54) is 10.6 Å². The number of ether oxygens (including phenoxy) is 1. The average molecular weight is 474 g/mol. The van der Waals surface area contributed by atoms with Crippen LogP contribution in [0.25, 0.3) is 11.3 Å². The van der Waals surface area contributed by atoms with Gasteiger partial charge in [0.2, 0.25) is 21.9 Å². The number of fused-ring (bicyclic) bond motifs is 1. The number of morpholine rings is 1. The number of hydrogen-bond acceptors (Lipinski definition) is 11. The van der Waals surface area contributed by atoms with Crippen LogP contribution in [0.1, 0.15) is 5.56 Å². The van der Waals surface area contributed by atoms with Crippen LogP contribution in [0.2, 0.25) is 0 Å². The third-order valence-electron chi connectivity index (χ3n) is 4.41. The normalized spacial score (nSPS) is 16.5. The zero-order valence-corrected chi connectivity index (χ0v) is 18.6. The van der Waals surface area contributed by atoms with Gasteiger partial charge in [0.15, 0.2) is 5.82 Å². The minimum Gasteiger partial charge on any atom is -0.378 e. The van der Waals surface area contributed by atoms with Gasteiger partial charge in [-0.1, -0.05) is 0 Å². The van der Waals surface area contributed by atoms with Gasteiger partial charge in [-0.3, -0.25) is 8.86 Å². The minimum absolute atomic E-state index is 0.172. The lowest BCUT2D eigenvalue weighted by Crippen LogP contribution is -2.38. The molecule has 0 aliphatic carbocycles. The van der Waals surface area contributed by atoms with E-state index < -0.39 is 20.1 Å². The minimum atomic E-state index is -3.67. The molecule has 3 N–H and O–H groups in total. The van der Waals surface area contributed by atoms with Crippen LogP contribution in [-0.4, -0.2) is 86.7 Å². The fourth-order valence-corrected chi connectivity index (χ4v) is 4.03. The van der Waals surface area contributed by atoms with Crippen molar-refractivity contribution in [2.45, 2.75) is 6.42 Å². The predicted molar refractivity (Wildman–Crippen MR) is 114 cm³/mol. The van der Waals surface area contributed by atoms with Gasteiger partial charge in [0.25, 0.3) is 10.1 Å². The zero-order chi connectivity index (χ0) is 22.8. The summed E-state index contributed by atoms with van der Waals surface area (Å²) in [7, 11) is -7.09. The van der Waals surface area contributed by atoms with E-state index >= 15 is 0 Å². The lowest BCUT2D eigenvalue weighted by atomic mass is 10.1. The first-order valence-corrected chi connectivity index (χ1v) is 12.8. The molecule has 1 saturated heterocycles. The summed E-state index contributed by atoms with van der Waals surface area (Å²) >= 11 is 0. The van der Waals surface area contributed by atoms with Gasteiger partial charge < -0.3 is 15.4 Å². The highest BCUT2D eigenvalue weighted by molar-refractivity contribution is 7.92. The molecular weight excluding hydrogens is 450 g/mol. The van der Waals surface area contributed by atoms with Gasteiger partial charge in [-0.25, -0.2) is 23.4 Å². The molecule has 31 heavy (non-hydrogen) atoms. The van der Waals surface area contributed by atoms with Gasteiger partial charge in [0, 0.05) is 43.2 Å². The average Bonchev–Trinajstić information content (AvgIpc) is 3.12. The second-order valence-electron chi connectivity index (χ2n) is 6.92. The molecule has 0 atom stereocenters. The number of nitrogen functional groups attached to an aromatic ring is 1. The number of aromatic nitrogens is 4. The van der Waals surface area contributed by atoms with E-state index in [9.17, 15) is 16.8 Å². The van der Waals surface area contributed by atoms with Crippen molar-refractivity contribution >= 4 is 37.9 Å². The van der Waals surface area contributed by atoms with Crippen molar-refractivity contribution in [1.82, 2.24) is 19.9 Å². The fourth-order valence-electron chi connectivity index (χ4n) is 3.14. The van der Waals surface area contributed by atoms with Crippen molar-refractivity contribution in [2.24, 2.45) is 0 Å². The van der Waals surface area contributed by atoms with Crippen LogP contribution in [0.5, 0.6) is 0 Å². The van der Waals surface area contributed by atoms with Gasteiger partial charge >= 0.3 is 0 Å². The monoisotopic (exact) mass is 473 g/mol. The number of nitrogens with two attached hydrogens (primary N) is 1. The Kier molecular flexibility index (Phi) is 6.59. The van der Waals surface area contributed by atoms with E-state index in [0.717, 1.165) is 5.56 Å². The Balaban J connectivity index is 0.000000491. The molecule has 1 fully saturated rings. The fraction of sp³-hybridized carbons (Fsp3) is 0.500.